The fourth-order valence-electron chi connectivity index (χ4n) is 25.6. The van der Waals surface area contributed by atoms with Gasteiger partial charge in [-0.25, -0.2) is 9.97 Å². The van der Waals surface area contributed by atoms with Gasteiger partial charge in [0.25, 0.3) is 0 Å². The molecule has 17 aromatic carbocycles. The second kappa shape index (κ2) is 29.5. The van der Waals surface area contributed by atoms with E-state index in [9.17, 15) is 0 Å². The largest absolute Gasteiger partial charge is 0.338 e. The van der Waals surface area contributed by atoms with E-state index >= 15 is 0 Å². The lowest BCUT2D eigenvalue weighted by atomic mass is 9.61. The highest BCUT2D eigenvalue weighted by Gasteiger charge is 2.56. The first-order chi connectivity index (χ1) is 66.3. The van der Waals surface area contributed by atoms with Crippen LogP contribution in [0.4, 0.5) is 46.0 Å². The smallest absolute Gasteiger partial charge is 0.238 e. The third-order valence-electron chi connectivity index (χ3n) is 31.6. The Labute approximate surface area is 786 Å². The van der Waals surface area contributed by atoms with Crippen LogP contribution in [-0.4, -0.2) is 40.5 Å². The number of nitrogens with zero attached hydrogens (tertiary/aromatic N) is 10. The van der Waals surface area contributed by atoms with E-state index in [1.807, 2.05) is 6.07 Å². The highest BCUT2D eigenvalue weighted by atomic mass is 15.3. The first kappa shape index (κ1) is 78.8. The predicted octanol–water partition coefficient (Wildman–Crippen LogP) is 30.4. The van der Waals surface area contributed by atoms with Crippen molar-refractivity contribution in [2.24, 2.45) is 5.92 Å². The second-order valence-electron chi connectivity index (χ2n) is 39.4. The Bertz CT molecular complexity index is 8250. The van der Waals surface area contributed by atoms with E-state index < -0.39 is 10.8 Å². The molecule has 20 aromatic rings. The van der Waals surface area contributed by atoms with E-state index in [1.165, 1.54) is 170 Å². The van der Waals surface area contributed by atoms with Gasteiger partial charge >= 0.3 is 0 Å². The zero-order valence-electron chi connectivity index (χ0n) is 76.1. The Morgan fingerprint density at radius 3 is 1.19 bits per heavy atom. The summed E-state index contributed by atoms with van der Waals surface area (Å²) in [5, 5.41) is 2.43. The Morgan fingerprint density at radius 2 is 0.637 bits per heavy atom. The van der Waals surface area contributed by atoms with Crippen molar-refractivity contribution in [3.8, 4) is 95.7 Å². The number of fused-ring (bicyclic) bond motifs is 29. The molecule has 6 heterocycles. The lowest BCUT2D eigenvalue weighted by Gasteiger charge is -2.55. The van der Waals surface area contributed by atoms with Gasteiger partial charge in [0.05, 0.1) is 44.6 Å². The molecule has 0 N–H and O–H groups in total. The van der Waals surface area contributed by atoms with E-state index in [2.05, 4.69) is 455 Å². The van der Waals surface area contributed by atoms with Gasteiger partial charge in [-0.05, 0) is 214 Å². The van der Waals surface area contributed by atoms with Crippen molar-refractivity contribution in [2.45, 2.75) is 100 Å². The third-order valence-corrected chi connectivity index (χ3v) is 31.6. The summed E-state index contributed by atoms with van der Waals surface area (Å²) in [7, 11) is 0. The Morgan fingerprint density at radius 1 is 0.244 bits per heavy atom. The van der Waals surface area contributed by atoms with E-state index in [4.69, 9.17) is 29.9 Å². The van der Waals surface area contributed by atoms with Crippen LogP contribution in [0.25, 0.3) is 118 Å². The van der Waals surface area contributed by atoms with Crippen molar-refractivity contribution in [1.82, 2.24) is 34.5 Å². The average molecular weight is 1740 g/mol. The number of benzene rings is 17. The molecule has 10 heteroatoms. The molecule has 5 aliphatic carbocycles. The molecule has 0 amide bonds. The molecule has 0 radical (unpaired) electrons. The third kappa shape index (κ3) is 11.2. The minimum absolute atomic E-state index is 0.0710. The zero-order valence-corrected chi connectivity index (χ0v) is 76.1. The molecular formula is C125H94N10. The van der Waals surface area contributed by atoms with Crippen molar-refractivity contribution in [3.63, 3.8) is 0 Å². The molecule has 644 valence electrons. The van der Waals surface area contributed by atoms with Crippen LogP contribution in [0.5, 0.6) is 0 Å². The Hall–Kier alpha value is -16.0. The van der Waals surface area contributed by atoms with Crippen LogP contribution >= 0.6 is 0 Å². The van der Waals surface area contributed by atoms with Gasteiger partial charge in [-0.2, -0.15) is 19.9 Å². The molecule has 0 bridgehead atoms. The van der Waals surface area contributed by atoms with Gasteiger partial charge in [0, 0.05) is 67.0 Å². The van der Waals surface area contributed by atoms with E-state index in [0.29, 0.717) is 47.2 Å². The summed E-state index contributed by atoms with van der Waals surface area (Å²) >= 11 is 0. The molecule has 10 nitrogen and oxygen atoms in total. The van der Waals surface area contributed by atoms with Crippen LogP contribution in [0.3, 0.4) is 0 Å². The maximum Gasteiger partial charge on any atom is 0.238 e. The summed E-state index contributed by atoms with van der Waals surface area (Å²) in [6.45, 7) is 14.5. The van der Waals surface area contributed by atoms with Crippen LogP contribution in [0.1, 0.15) is 140 Å². The second-order valence-corrected chi connectivity index (χ2v) is 39.4. The number of rotatable bonds is 8. The molecular weight excluding hydrogens is 1640 g/mol. The molecule has 2 unspecified atom stereocenters. The summed E-state index contributed by atoms with van der Waals surface area (Å²) < 4.78 is 2.39. The maximum absolute atomic E-state index is 5.72. The SMILES string of the molecule is CC1(C)c2ccccc2N(c2nc(-c3ccccc3)nc(-c3ccc4c(c3)-c3ccccc3C43c4ccccc4-c4ccccc43)n2)c2cc3c(cc21)c1ccccc1n3-c1ccccc1.CC1(C)c2ccccc2N(c2nc(-c3ccccc3)nc(-c3cccc4c3-c3ccccc3C43c4ccccc4-c4ccccc43)n2)c2cc3c(cc21)N(c1ccccc1)C1CCCCC1C3(C)C. The molecule has 28 rings (SSSR count). The predicted molar refractivity (Wildman–Crippen MR) is 549 cm³/mol. The van der Waals surface area contributed by atoms with Crippen molar-refractivity contribution in [1.29, 1.82) is 0 Å². The molecule has 2 atom stereocenters. The summed E-state index contributed by atoms with van der Waals surface area (Å²) in [5.41, 5.74) is 39.2. The molecule has 1 saturated carbocycles. The fourth-order valence-corrected chi connectivity index (χ4v) is 25.6. The van der Waals surface area contributed by atoms with Crippen LogP contribution in [0.15, 0.2) is 400 Å². The molecule has 135 heavy (non-hydrogen) atoms. The lowest BCUT2D eigenvalue weighted by Crippen LogP contribution is -2.52. The van der Waals surface area contributed by atoms with Gasteiger partial charge in [0.1, 0.15) is 0 Å². The Kier molecular flexibility index (Phi) is 17.2. The topological polar surface area (TPSA) is 92.0 Å². The summed E-state index contributed by atoms with van der Waals surface area (Å²) in [5.74, 6) is 4.24. The van der Waals surface area contributed by atoms with Gasteiger partial charge in [-0.3, -0.25) is 9.80 Å². The number of aromatic nitrogens is 7. The summed E-state index contributed by atoms with van der Waals surface area (Å²) in [6.07, 6.45) is 4.94. The van der Waals surface area contributed by atoms with Crippen LogP contribution in [0.2, 0.25) is 0 Å². The number of para-hydroxylation sites is 5. The quantitative estimate of drug-likeness (QED) is 0.147. The minimum atomic E-state index is -0.486. The molecule has 8 aliphatic rings. The fraction of sp³-hybridized carbons (Fsp3) is 0.136. The number of hydrogen-bond acceptors (Lipinski definition) is 9. The van der Waals surface area contributed by atoms with Crippen molar-refractivity contribution in [2.75, 3.05) is 14.7 Å². The minimum Gasteiger partial charge on any atom is -0.338 e. The first-order valence-electron chi connectivity index (χ1n) is 47.7. The number of hydrogen-bond donors (Lipinski definition) is 0. The summed E-state index contributed by atoms with van der Waals surface area (Å²) in [4.78, 5) is 40.4. The van der Waals surface area contributed by atoms with Crippen LogP contribution in [-0.2, 0) is 27.1 Å². The maximum atomic E-state index is 5.72. The standard InChI is InChI=1S/C64H53N5.C61H41N5/c1-62(2)49-33-17-19-36-54(49)68(41-24-9-6-10-25-41)56-38-53-57(39-52(56)62)69(55-37-20-18-34-50(55)63(53,3)4)61-66-59(40-22-7-5-8-23-40)65-60(67-61)45-29-21-35-51-58(45)44-28-13-16-32-48(44)64(51)46-30-14-11-26-42(46)43-27-12-15-31-47(43)64;1-60(2)51-30-16-18-32-54(51)66(56-37-55-46(36-52(56)60)44-26-12-17-31-53(44)65(55)40-21-7-4-8-22-40)59-63-57(38-19-5-3-6-20-38)62-58(64-59)39-33-34-50-45(35-39)43-25-11-15-29-49(43)61(50)47-27-13-9-23-41(47)42-24-10-14-28-48(42)61/h5-16,18,20-32,34-35,37-39,49,54H,17,19,33,36H2,1-4H3;3-37H,1-2H3. The van der Waals surface area contributed by atoms with Crippen molar-refractivity contribution < 1.29 is 0 Å². The van der Waals surface area contributed by atoms with Gasteiger partial charge in [0.15, 0.2) is 23.3 Å². The monoisotopic (exact) mass is 1730 g/mol. The van der Waals surface area contributed by atoms with Crippen molar-refractivity contribution >= 4 is 67.8 Å². The van der Waals surface area contributed by atoms with Crippen molar-refractivity contribution in [3.05, 3.63) is 473 Å². The normalized spacial score (nSPS) is 16.8. The molecule has 0 saturated heterocycles. The molecule has 3 aliphatic heterocycles. The number of anilines is 8. The highest BCUT2D eigenvalue weighted by Crippen LogP contribution is 2.67. The molecule has 1 fully saturated rings. The van der Waals surface area contributed by atoms with E-state index in [1.54, 1.807) is 0 Å². The molecule has 2 spiro atoms. The van der Waals surface area contributed by atoms with Gasteiger partial charge in [-0.1, -0.05) is 382 Å². The van der Waals surface area contributed by atoms with E-state index in [0.717, 1.165) is 56.2 Å². The van der Waals surface area contributed by atoms with Gasteiger partial charge in [0.2, 0.25) is 11.9 Å². The van der Waals surface area contributed by atoms with Crippen LogP contribution in [0, 0.1) is 5.92 Å². The van der Waals surface area contributed by atoms with Gasteiger partial charge < -0.3 is 9.47 Å². The summed E-state index contributed by atoms with van der Waals surface area (Å²) in [6, 6.07) is 147. The lowest BCUT2D eigenvalue weighted by molar-refractivity contribution is 0.190. The first-order valence-corrected chi connectivity index (χ1v) is 47.7. The highest BCUT2D eigenvalue weighted by molar-refractivity contribution is 6.12. The molecule has 3 aromatic heterocycles. The van der Waals surface area contributed by atoms with E-state index in [-0.39, 0.29) is 16.2 Å². The zero-order chi connectivity index (χ0) is 90.0. The van der Waals surface area contributed by atoms with Crippen LogP contribution < -0.4 is 14.7 Å². The Balaban J connectivity index is 0.000000137. The average Bonchev–Trinajstić information content (AvgIpc) is 1.53. The van der Waals surface area contributed by atoms with Gasteiger partial charge in [-0.15, -0.1) is 0 Å².